The molecule has 198 valence electrons. The summed E-state index contributed by atoms with van der Waals surface area (Å²) in [6, 6.07) is 14.1. The van der Waals surface area contributed by atoms with Gasteiger partial charge in [-0.1, -0.05) is 29.3 Å². The number of aryl methyl sites for hydroxylation is 1. The Morgan fingerprint density at radius 1 is 1.22 bits per heavy atom. The van der Waals surface area contributed by atoms with Crippen LogP contribution in [0.2, 0.25) is 5.02 Å². The first-order valence-corrected chi connectivity index (χ1v) is 14.1. The molecule has 2 N–H and O–H groups in total. The van der Waals surface area contributed by atoms with Crippen molar-refractivity contribution in [1.29, 1.82) is 0 Å². The van der Waals surface area contributed by atoms with Crippen LogP contribution in [0.4, 0.5) is 0 Å². The maximum atomic E-state index is 11.8. The third-order valence-electron chi connectivity index (χ3n) is 7.49. The first-order valence-electron chi connectivity index (χ1n) is 12.7. The molecule has 1 aliphatic heterocycles. The molecule has 8 heteroatoms. The number of methoxy groups -OCH3 is 1. The number of ether oxygens (including phenoxy) is 1. The Hall–Kier alpha value is -2.32. The summed E-state index contributed by atoms with van der Waals surface area (Å²) in [5, 5.41) is 22.1. The molecule has 1 aliphatic rings. The van der Waals surface area contributed by atoms with E-state index in [2.05, 4.69) is 41.1 Å². The molecule has 1 atom stereocenters. The minimum Gasteiger partial charge on any atom is -0.497 e. The van der Waals surface area contributed by atoms with Crippen LogP contribution in [0.15, 0.2) is 53.6 Å². The van der Waals surface area contributed by atoms with E-state index < -0.39 is 12.1 Å². The summed E-state index contributed by atoms with van der Waals surface area (Å²) >= 11 is 8.34. The number of aliphatic hydroxyl groups is 1. The van der Waals surface area contributed by atoms with Crippen molar-refractivity contribution in [3.8, 4) is 5.75 Å². The van der Waals surface area contributed by atoms with Crippen LogP contribution in [0, 0.1) is 12.3 Å². The quantitative estimate of drug-likeness (QED) is 0.272. The average Bonchev–Trinajstić information content (AvgIpc) is 2.89. The summed E-state index contributed by atoms with van der Waals surface area (Å²) in [6.45, 7) is 4.81. The Labute approximate surface area is 228 Å². The van der Waals surface area contributed by atoms with Gasteiger partial charge in [-0.25, -0.2) is 0 Å². The van der Waals surface area contributed by atoms with E-state index in [1.807, 2.05) is 30.0 Å². The van der Waals surface area contributed by atoms with Crippen molar-refractivity contribution in [3.63, 3.8) is 0 Å². The van der Waals surface area contributed by atoms with Crippen molar-refractivity contribution >= 4 is 40.2 Å². The van der Waals surface area contributed by atoms with E-state index in [0.717, 1.165) is 49.1 Å². The predicted octanol–water partition coefficient (Wildman–Crippen LogP) is 6.37. The van der Waals surface area contributed by atoms with Gasteiger partial charge in [0.2, 0.25) is 0 Å². The molecule has 2 heterocycles. The molecular weight excluding hydrogens is 508 g/mol. The van der Waals surface area contributed by atoms with Gasteiger partial charge >= 0.3 is 5.97 Å². The molecule has 1 saturated heterocycles. The highest BCUT2D eigenvalue weighted by molar-refractivity contribution is 7.99. The van der Waals surface area contributed by atoms with Crippen LogP contribution >= 0.6 is 23.4 Å². The molecule has 0 unspecified atom stereocenters. The van der Waals surface area contributed by atoms with Crippen molar-refractivity contribution in [2.45, 2.75) is 50.0 Å². The lowest BCUT2D eigenvalue weighted by Crippen LogP contribution is -2.42. The second-order valence-electron chi connectivity index (χ2n) is 10.0. The van der Waals surface area contributed by atoms with Crippen LogP contribution in [0.5, 0.6) is 5.75 Å². The Morgan fingerprint density at radius 2 is 1.95 bits per heavy atom. The van der Waals surface area contributed by atoms with E-state index in [-0.39, 0.29) is 11.8 Å². The number of carboxylic acid groups (broad SMARTS) is 1. The Morgan fingerprint density at radius 3 is 2.62 bits per heavy atom. The molecule has 0 saturated carbocycles. The number of pyridine rings is 1. The van der Waals surface area contributed by atoms with E-state index in [4.69, 9.17) is 16.3 Å². The number of likely N-dealkylation sites (tertiary alicyclic amines) is 1. The number of halogens is 1. The van der Waals surface area contributed by atoms with Crippen LogP contribution in [0.1, 0.15) is 49.3 Å². The van der Waals surface area contributed by atoms with Gasteiger partial charge in [-0.15, -0.1) is 11.8 Å². The summed E-state index contributed by atoms with van der Waals surface area (Å²) in [6.07, 6.45) is 3.53. The molecule has 0 bridgehead atoms. The van der Waals surface area contributed by atoms with Gasteiger partial charge in [0.05, 0.1) is 30.2 Å². The predicted molar refractivity (Wildman–Crippen MR) is 150 cm³/mol. The Bertz CT molecular complexity index is 1210. The highest BCUT2D eigenvalue weighted by atomic mass is 35.5. The van der Waals surface area contributed by atoms with Crippen LogP contribution in [-0.2, 0) is 4.79 Å². The lowest BCUT2D eigenvalue weighted by atomic mass is 9.71. The average molecular weight is 543 g/mol. The van der Waals surface area contributed by atoms with Gasteiger partial charge in [0, 0.05) is 34.3 Å². The maximum absolute atomic E-state index is 11.8. The third kappa shape index (κ3) is 7.17. The number of aliphatic carboxylic acids is 1. The molecule has 2 aromatic carbocycles. The highest BCUT2D eigenvalue weighted by Crippen LogP contribution is 2.43. The molecule has 37 heavy (non-hydrogen) atoms. The van der Waals surface area contributed by atoms with Crippen LogP contribution in [-0.4, -0.2) is 58.6 Å². The Balaban J connectivity index is 1.38. The summed E-state index contributed by atoms with van der Waals surface area (Å²) in [5.41, 5.74) is 2.29. The number of rotatable bonds is 11. The third-order valence-corrected chi connectivity index (χ3v) is 8.78. The van der Waals surface area contributed by atoms with Crippen molar-refractivity contribution in [1.82, 2.24) is 9.88 Å². The largest absolute Gasteiger partial charge is 0.497 e. The van der Waals surface area contributed by atoms with Gasteiger partial charge in [0.1, 0.15) is 5.75 Å². The lowest BCUT2D eigenvalue weighted by Gasteiger charge is -2.41. The number of benzene rings is 2. The zero-order valence-electron chi connectivity index (χ0n) is 21.5. The smallest absolute Gasteiger partial charge is 0.303 e. The number of aliphatic hydroxyl groups excluding tert-OH is 1. The van der Waals surface area contributed by atoms with Crippen molar-refractivity contribution in [2.24, 2.45) is 5.41 Å². The van der Waals surface area contributed by atoms with Crippen LogP contribution in [0.25, 0.3) is 10.9 Å². The van der Waals surface area contributed by atoms with E-state index in [1.54, 1.807) is 13.3 Å². The van der Waals surface area contributed by atoms with Gasteiger partial charge in [0.25, 0.3) is 0 Å². The SMILES string of the molecule is COc1ccc2ncc(Cl)c([C@H](O)CCC3(CC(=O)O)CCN(CCSc4ccc(C)cc4)CC3)c2c1. The van der Waals surface area contributed by atoms with E-state index >= 15 is 0 Å². The zero-order valence-corrected chi connectivity index (χ0v) is 23.0. The van der Waals surface area contributed by atoms with Crippen LogP contribution < -0.4 is 4.74 Å². The second-order valence-corrected chi connectivity index (χ2v) is 11.6. The fraction of sp³-hybridized carbons (Fsp3) is 0.448. The molecule has 1 fully saturated rings. The fourth-order valence-corrected chi connectivity index (χ4v) is 6.43. The van der Waals surface area contributed by atoms with Crippen LogP contribution in [0.3, 0.4) is 0 Å². The summed E-state index contributed by atoms with van der Waals surface area (Å²) < 4.78 is 5.36. The lowest BCUT2D eigenvalue weighted by molar-refractivity contribution is -0.141. The fourth-order valence-electron chi connectivity index (χ4n) is 5.23. The molecule has 1 aromatic heterocycles. The van der Waals surface area contributed by atoms with Gasteiger partial charge in [-0.3, -0.25) is 9.78 Å². The number of piperidine rings is 1. The number of nitrogens with zero attached hydrogens (tertiary/aromatic N) is 2. The molecular formula is C29H35ClN2O4S. The minimum absolute atomic E-state index is 0.115. The minimum atomic E-state index is -0.820. The van der Waals surface area contributed by atoms with E-state index in [9.17, 15) is 15.0 Å². The van der Waals surface area contributed by atoms with E-state index in [0.29, 0.717) is 29.2 Å². The van der Waals surface area contributed by atoms with Gasteiger partial charge in [-0.05, 0) is 81.4 Å². The first kappa shape index (κ1) is 27.7. The zero-order chi connectivity index (χ0) is 26.4. The Kier molecular flexibility index (Phi) is 9.35. The molecule has 4 rings (SSSR count). The standard InChI is InChI=1S/C29H35ClN2O4S/c1-20-3-6-22(7-4-20)37-16-15-32-13-11-29(12-14-32,18-27(34)35)10-9-26(33)28-23-17-21(36-2)5-8-25(23)31-19-24(28)30/h3-8,17,19,26,33H,9-16,18H2,1-2H3,(H,34,35)/t26-/m1/s1. The van der Waals surface area contributed by atoms with Crippen molar-refractivity contribution < 1.29 is 19.7 Å². The number of thioether (sulfide) groups is 1. The second kappa shape index (κ2) is 12.5. The molecule has 3 aromatic rings. The highest BCUT2D eigenvalue weighted by Gasteiger charge is 2.37. The summed E-state index contributed by atoms with van der Waals surface area (Å²) in [5.74, 6) is 0.889. The monoisotopic (exact) mass is 542 g/mol. The first-order chi connectivity index (χ1) is 17.8. The number of hydrogen-bond donors (Lipinski definition) is 2. The molecule has 6 nitrogen and oxygen atoms in total. The number of hydrogen-bond acceptors (Lipinski definition) is 6. The summed E-state index contributed by atoms with van der Waals surface area (Å²) in [4.78, 5) is 19.9. The molecule has 0 radical (unpaired) electrons. The topological polar surface area (TPSA) is 82.9 Å². The van der Waals surface area contributed by atoms with Gasteiger partial charge < -0.3 is 19.8 Å². The molecule has 0 aliphatic carbocycles. The number of carboxylic acids is 1. The van der Waals surface area contributed by atoms with Crippen molar-refractivity contribution in [2.75, 3.05) is 32.5 Å². The van der Waals surface area contributed by atoms with Crippen molar-refractivity contribution in [3.05, 3.63) is 64.8 Å². The number of fused-ring (bicyclic) bond motifs is 1. The maximum Gasteiger partial charge on any atom is 0.303 e. The van der Waals surface area contributed by atoms with E-state index in [1.165, 1.54) is 10.5 Å². The molecule has 0 amide bonds. The molecule has 0 spiro atoms. The summed E-state index contributed by atoms with van der Waals surface area (Å²) in [7, 11) is 1.60. The normalized spacial score (nSPS) is 16.5. The van der Waals surface area contributed by atoms with Gasteiger partial charge in [0.15, 0.2) is 0 Å². The number of aromatic nitrogens is 1. The van der Waals surface area contributed by atoms with Gasteiger partial charge in [-0.2, -0.15) is 0 Å². The number of carbonyl (C=O) groups is 1.